The van der Waals surface area contributed by atoms with Crippen LogP contribution < -0.4 is 10.9 Å². The van der Waals surface area contributed by atoms with E-state index in [0.29, 0.717) is 17.5 Å². The van der Waals surface area contributed by atoms with Crippen molar-refractivity contribution in [3.8, 4) is 6.07 Å². The van der Waals surface area contributed by atoms with Gasteiger partial charge in [-0.3, -0.25) is 14.4 Å². The molecule has 2 N–H and O–H groups in total. The van der Waals surface area contributed by atoms with Gasteiger partial charge < -0.3 is 14.7 Å². The summed E-state index contributed by atoms with van der Waals surface area (Å²) in [5.74, 6) is -1.77. The summed E-state index contributed by atoms with van der Waals surface area (Å²) >= 11 is 11.9. The van der Waals surface area contributed by atoms with Crippen molar-refractivity contribution in [1.29, 1.82) is 5.26 Å². The van der Waals surface area contributed by atoms with Crippen molar-refractivity contribution < 1.29 is 9.59 Å². The molecule has 32 heavy (non-hydrogen) atoms. The number of nitrogens with zero attached hydrogens (tertiary/aromatic N) is 2. The number of anilines is 1. The standard InChI is InChI=1S/C23H14Cl2N4O3/c24-17-12-27-22(31)19(25)20(17)28-23(32)21(30)16-10-15(29-8-2-1-3-18(16)29)9-13-4-6-14(11-26)7-5-13/h1-8,10,12H,9H2,(H2,27,28,31,32). The lowest BCUT2D eigenvalue weighted by atomic mass is 10.1. The largest absolute Gasteiger partial charge is 0.326 e. The molecule has 7 nitrogen and oxygen atoms in total. The molecule has 3 aromatic heterocycles. The van der Waals surface area contributed by atoms with Gasteiger partial charge in [-0.1, -0.05) is 41.4 Å². The number of carbonyl (C=O) groups is 2. The van der Waals surface area contributed by atoms with E-state index in [1.807, 2.05) is 22.6 Å². The number of nitriles is 1. The third-order valence-electron chi connectivity index (χ3n) is 4.90. The molecule has 1 amide bonds. The Morgan fingerprint density at radius 3 is 2.59 bits per heavy atom. The highest BCUT2D eigenvalue weighted by Gasteiger charge is 2.24. The molecule has 0 saturated heterocycles. The molecule has 0 spiro atoms. The van der Waals surface area contributed by atoms with Gasteiger partial charge in [-0.15, -0.1) is 0 Å². The third-order valence-corrected chi connectivity index (χ3v) is 5.56. The number of carbonyl (C=O) groups excluding carboxylic acids is 2. The maximum absolute atomic E-state index is 13.0. The molecule has 0 saturated carbocycles. The van der Waals surface area contributed by atoms with Gasteiger partial charge in [0.15, 0.2) is 0 Å². The Hall–Kier alpha value is -3.86. The fourth-order valence-electron chi connectivity index (χ4n) is 3.34. The summed E-state index contributed by atoms with van der Waals surface area (Å²) in [6, 6.07) is 16.2. The van der Waals surface area contributed by atoms with Crippen molar-refractivity contribution in [2.24, 2.45) is 0 Å². The van der Waals surface area contributed by atoms with Gasteiger partial charge >= 0.3 is 0 Å². The fraction of sp³-hybridized carbons (Fsp3) is 0.0435. The lowest BCUT2D eigenvalue weighted by Crippen LogP contribution is -2.24. The number of fused-ring (bicyclic) bond motifs is 1. The number of aromatic amines is 1. The molecular weight excluding hydrogens is 451 g/mol. The van der Waals surface area contributed by atoms with Gasteiger partial charge in [0.05, 0.1) is 33.4 Å². The fourth-order valence-corrected chi connectivity index (χ4v) is 3.79. The molecule has 0 bridgehead atoms. The molecule has 0 fully saturated rings. The first-order chi connectivity index (χ1) is 15.4. The van der Waals surface area contributed by atoms with Crippen LogP contribution in [0.25, 0.3) is 5.52 Å². The maximum Gasteiger partial charge on any atom is 0.296 e. The van der Waals surface area contributed by atoms with Crippen LogP contribution >= 0.6 is 23.2 Å². The molecule has 4 rings (SSSR count). The van der Waals surface area contributed by atoms with Gasteiger partial charge in [0.25, 0.3) is 17.2 Å². The van der Waals surface area contributed by atoms with E-state index in [1.165, 1.54) is 6.20 Å². The van der Waals surface area contributed by atoms with Crippen LogP contribution in [-0.4, -0.2) is 21.1 Å². The van der Waals surface area contributed by atoms with Gasteiger partial charge in [-0.05, 0) is 35.9 Å². The molecule has 3 heterocycles. The number of benzene rings is 1. The van der Waals surface area contributed by atoms with Crippen molar-refractivity contribution in [2.75, 3.05) is 5.32 Å². The summed E-state index contributed by atoms with van der Waals surface area (Å²) in [4.78, 5) is 39.7. The minimum absolute atomic E-state index is 0.000931. The van der Waals surface area contributed by atoms with Crippen molar-refractivity contribution in [3.05, 3.63) is 104 Å². The number of ketones is 1. The summed E-state index contributed by atoms with van der Waals surface area (Å²) in [6.45, 7) is 0. The topological polar surface area (TPSA) is 107 Å². The SMILES string of the molecule is N#Cc1ccc(Cc2cc(C(=O)C(=O)Nc3c(Cl)c[nH]c(=O)c3Cl)c3ccccn23)cc1. The number of H-pyrrole nitrogens is 1. The third kappa shape index (κ3) is 4.02. The lowest BCUT2D eigenvalue weighted by molar-refractivity contribution is -0.112. The first-order valence-corrected chi connectivity index (χ1v) is 10.1. The van der Waals surface area contributed by atoms with E-state index < -0.39 is 17.2 Å². The zero-order chi connectivity index (χ0) is 22.8. The highest BCUT2D eigenvalue weighted by Crippen LogP contribution is 2.27. The Labute approximate surface area is 191 Å². The predicted molar refractivity (Wildman–Crippen MR) is 121 cm³/mol. The number of aromatic nitrogens is 2. The number of rotatable bonds is 5. The van der Waals surface area contributed by atoms with Gasteiger partial charge in [0.1, 0.15) is 5.02 Å². The Morgan fingerprint density at radius 1 is 1.12 bits per heavy atom. The molecule has 0 unspecified atom stereocenters. The maximum atomic E-state index is 13.0. The van der Waals surface area contributed by atoms with Crippen LogP contribution in [0.3, 0.4) is 0 Å². The van der Waals surface area contributed by atoms with Gasteiger partial charge in [0, 0.05) is 24.5 Å². The molecule has 0 aliphatic carbocycles. The van der Waals surface area contributed by atoms with Gasteiger partial charge in [-0.25, -0.2) is 0 Å². The average Bonchev–Trinajstić information content (AvgIpc) is 3.17. The quantitative estimate of drug-likeness (QED) is 0.340. The van der Waals surface area contributed by atoms with Crippen LogP contribution in [0.2, 0.25) is 10.0 Å². The Bertz CT molecular complexity index is 1460. The molecule has 0 atom stereocenters. The Morgan fingerprint density at radius 2 is 1.88 bits per heavy atom. The van der Waals surface area contributed by atoms with E-state index in [9.17, 15) is 14.4 Å². The number of pyridine rings is 2. The van der Waals surface area contributed by atoms with Crippen molar-refractivity contribution in [3.63, 3.8) is 0 Å². The summed E-state index contributed by atoms with van der Waals surface area (Å²) in [5, 5.41) is 11.0. The summed E-state index contributed by atoms with van der Waals surface area (Å²) < 4.78 is 1.83. The van der Waals surface area contributed by atoms with Crippen molar-refractivity contribution in [1.82, 2.24) is 9.38 Å². The molecule has 9 heteroatoms. The summed E-state index contributed by atoms with van der Waals surface area (Å²) in [5.41, 5.74) is 2.27. The second kappa shape index (κ2) is 8.71. The predicted octanol–water partition coefficient (Wildman–Crippen LogP) is 4.22. The molecule has 0 aliphatic heterocycles. The molecule has 158 valence electrons. The lowest BCUT2D eigenvalue weighted by Gasteiger charge is -2.07. The normalized spacial score (nSPS) is 10.7. The van der Waals surface area contributed by atoms with Crippen LogP contribution in [0.1, 0.15) is 27.2 Å². The highest BCUT2D eigenvalue weighted by molar-refractivity contribution is 6.49. The number of hydrogen-bond acceptors (Lipinski definition) is 4. The summed E-state index contributed by atoms with van der Waals surface area (Å²) in [6.07, 6.45) is 3.46. The molecule has 0 radical (unpaired) electrons. The van der Waals surface area contributed by atoms with Crippen LogP contribution in [-0.2, 0) is 11.2 Å². The van der Waals surface area contributed by atoms with E-state index >= 15 is 0 Å². The monoisotopic (exact) mass is 464 g/mol. The van der Waals surface area contributed by atoms with Crippen LogP contribution in [0.4, 0.5) is 5.69 Å². The van der Waals surface area contributed by atoms with Crippen LogP contribution in [0, 0.1) is 11.3 Å². The number of nitrogens with one attached hydrogen (secondary N) is 2. The number of Topliss-reactive ketones (excluding diaryl/α,β-unsaturated/α-hetero) is 1. The second-order valence-electron chi connectivity index (χ2n) is 6.93. The minimum Gasteiger partial charge on any atom is -0.326 e. The summed E-state index contributed by atoms with van der Waals surface area (Å²) in [7, 11) is 0. The van der Waals surface area contributed by atoms with Crippen molar-refractivity contribution >= 4 is 46.1 Å². The number of hydrogen-bond donors (Lipinski definition) is 2. The zero-order valence-corrected chi connectivity index (χ0v) is 17.9. The molecule has 0 aliphatic rings. The Balaban J connectivity index is 1.68. The second-order valence-corrected chi connectivity index (χ2v) is 7.71. The molecule has 1 aromatic carbocycles. The molecular formula is C23H14Cl2N4O3. The number of halogens is 2. The van der Waals surface area contributed by atoms with Crippen molar-refractivity contribution in [2.45, 2.75) is 6.42 Å². The van der Waals surface area contributed by atoms with E-state index in [1.54, 1.807) is 36.5 Å². The zero-order valence-electron chi connectivity index (χ0n) is 16.4. The van der Waals surface area contributed by atoms with E-state index in [-0.39, 0.29) is 21.3 Å². The van der Waals surface area contributed by atoms with Crippen LogP contribution in [0.15, 0.2) is 65.7 Å². The van der Waals surface area contributed by atoms with Gasteiger partial charge in [-0.2, -0.15) is 5.26 Å². The smallest absolute Gasteiger partial charge is 0.296 e. The Kier molecular flexibility index (Phi) is 5.82. The number of amides is 1. The van der Waals surface area contributed by atoms with E-state index in [4.69, 9.17) is 28.5 Å². The minimum atomic E-state index is -0.972. The van der Waals surface area contributed by atoms with Gasteiger partial charge in [0.2, 0.25) is 0 Å². The van der Waals surface area contributed by atoms with Crippen LogP contribution in [0.5, 0.6) is 0 Å². The van der Waals surface area contributed by atoms with E-state index in [2.05, 4.69) is 16.4 Å². The molecule has 4 aromatic rings. The first-order valence-electron chi connectivity index (χ1n) is 9.39. The van der Waals surface area contributed by atoms with E-state index in [0.717, 1.165) is 11.3 Å². The average molecular weight is 465 g/mol. The highest BCUT2D eigenvalue weighted by atomic mass is 35.5. The first kappa shape index (κ1) is 21.4.